The van der Waals surface area contributed by atoms with Crippen molar-refractivity contribution < 1.29 is 19.1 Å². The van der Waals surface area contributed by atoms with E-state index in [1.54, 1.807) is 31.1 Å². The number of methoxy groups -OCH3 is 1. The number of aryl methyl sites for hydroxylation is 1. The monoisotopic (exact) mass is 559 g/mol. The van der Waals surface area contributed by atoms with E-state index in [4.69, 9.17) is 26.3 Å². The van der Waals surface area contributed by atoms with E-state index in [0.29, 0.717) is 49.4 Å². The average molecular weight is 560 g/mol. The summed E-state index contributed by atoms with van der Waals surface area (Å²) in [5.74, 6) is 0.313. The smallest absolute Gasteiger partial charge is 0.306 e. The van der Waals surface area contributed by atoms with Crippen LogP contribution in [0.3, 0.4) is 0 Å². The minimum Gasteiger partial charge on any atom is -0.494 e. The molecule has 0 saturated carbocycles. The Balaban J connectivity index is 1.43. The molecule has 0 saturated heterocycles. The molecule has 5 rings (SSSR count). The predicted octanol–water partition coefficient (Wildman–Crippen LogP) is 4.92. The summed E-state index contributed by atoms with van der Waals surface area (Å²) < 4.78 is 10.8. The zero-order valence-corrected chi connectivity index (χ0v) is 23.4. The van der Waals surface area contributed by atoms with Crippen molar-refractivity contribution >= 4 is 40.5 Å². The summed E-state index contributed by atoms with van der Waals surface area (Å²) in [7, 11) is 3.56. The lowest BCUT2D eigenvalue weighted by Gasteiger charge is -2.32. The molecule has 40 heavy (non-hydrogen) atoms. The Kier molecular flexibility index (Phi) is 7.83. The molecule has 2 aliphatic heterocycles. The van der Waals surface area contributed by atoms with Crippen molar-refractivity contribution in [2.75, 3.05) is 37.3 Å². The standard InChI is InChI=1S/C30H30ClN5O4/c1-4-40-28(37)11-9-19-15-26-29(27(16-19)39-3)34(2)33-36(26)25-7-5-6-21-18-35(13-12-22(21)25)30(38)23-10-8-20(17-32)14-24(23)31/h5-8,10,14-16,33H,4,9,11-13,18H2,1-3H3. The molecule has 2 heterocycles. The number of hydrogen-bond donors (Lipinski definition) is 1. The number of hydrogen-bond acceptors (Lipinski definition) is 8. The molecule has 0 aliphatic carbocycles. The molecule has 3 aromatic rings. The first-order valence-electron chi connectivity index (χ1n) is 13.1. The maximum Gasteiger partial charge on any atom is 0.306 e. The predicted molar refractivity (Wildman–Crippen MR) is 153 cm³/mol. The van der Waals surface area contributed by atoms with Gasteiger partial charge in [0.1, 0.15) is 11.4 Å². The molecule has 0 aromatic heterocycles. The highest BCUT2D eigenvalue weighted by Crippen LogP contribution is 2.46. The van der Waals surface area contributed by atoms with Crippen LogP contribution in [0.4, 0.5) is 17.1 Å². The first-order chi connectivity index (χ1) is 19.3. The van der Waals surface area contributed by atoms with Crippen molar-refractivity contribution in [2.45, 2.75) is 32.7 Å². The minimum atomic E-state index is -0.229. The Morgan fingerprint density at radius 2 is 1.98 bits per heavy atom. The van der Waals surface area contributed by atoms with E-state index >= 15 is 0 Å². The minimum absolute atomic E-state index is 0.161. The average Bonchev–Trinajstić information content (AvgIpc) is 3.30. The van der Waals surface area contributed by atoms with Crippen LogP contribution >= 0.6 is 11.6 Å². The highest BCUT2D eigenvalue weighted by atomic mass is 35.5. The summed E-state index contributed by atoms with van der Waals surface area (Å²) in [5, 5.41) is 13.3. The Labute approximate surface area is 238 Å². The normalized spacial score (nSPS) is 13.9. The fraction of sp³-hybridized carbons (Fsp3) is 0.300. The highest BCUT2D eigenvalue weighted by Gasteiger charge is 2.32. The van der Waals surface area contributed by atoms with Gasteiger partial charge >= 0.3 is 5.97 Å². The Hall–Kier alpha value is -4.26. The first kappa shape index (κ1) is 27.3. The number of benzene rings is 3. The van der Waals surface area contributed by atoms with Crippen LogP contribution in [0.25, 0.3) is 0 Å². The summed E-state index contributed by atoms with van der Waals surface area (Å²) in [4.78, 5) is 27.1. The van der Waals surface area contributed by atoms with E-state index in [-0.39, 0.29) is 23.3 Å². The van der Waals surface area contributed by atoms with Crippen molar-refractivity contribution in [1.29, 1.82) is 5.26 Å². The van der Waals surface area contributed by atoms with Gasteiger partial charge in [-0.1, -0.05) is 23.7 Å². The van der Waals surface area contributed by atoms with Crippen molar-refractivity contribution in [3.63, 3.8) is 0 Å². The number of rotatable bonds is 7. The molecule has 0 bridgehead atoms. The van der Waals surface area contributed by atoms with E-state index in [1.807, 2.05) is 41.3 Å². The lowest BCUT2D eigenvalue weighted by molar-refractivity contribution is -0.143. The quantitative estimate of drug-likeness (QED) is 0.407. The van der Waals surface area contributed by atoms with E-state index in [2.05, 4.69) is 17.7 Å². The van der Waals surface area contributed by atoms with Crippen LogP contribution in [0, 0.1) is 11.3 Å². The van der Waals surface area contributed by atoms with Crippen molar-refractivity contribution in [3.05, 3.63) is 81.4 Å². The van der Waals surface area contributed by atoms with Crippen molar-refractivity contribution in [3.8, 4) is 11.8 Å². The molecule has 9 nitrogen and oxygen atoms in total. The molecule has 0 unspecified atom stereocenters. The van der Waals surface area contributed by atoms with Gasteiger partial charge in [0.15, 0.2) is 0 Å². The number of hydrazine groups is 2. The van der Waals surface area contributed by atoms with Crippen LogP contribution in [-0.2, 0) is 28.9 Å². The number of carbonyl (C=O) groups excluding carboxylic acids is 2. The summed E-state index contributed by atoms with van der Waals surface area (Å²) in [6.45, 7) is 3.13. The number of nitrogens with one attached hydrogen (secondary N) is 1. The SMILES string of the molecule is CCOC(=O)CCc1cc(OC)c2c(c1)N(c1cccc3c1CCN(C(=O)c1ccc(C#N)cc1Cl)C3)NN2C. The molecule has 0 fully saturated rings. The number of esters is 1. The van der Waals surface area contributed by atoms with Gasteiger partial charge in [-0.05, 0) is 72.9 Å². The van der Waals surface area contributed by atoms with Crippen molar-refractivity contribution in [2.24, 2.45) is 0 Å². The Bertz CT molecular complexity index is 1520. The van der Waals surface area contributed by atoms with Gasteiger partial charge < -0.3 is 14.4 Å². The maximum atomic E-state index is 13.3. The number of halogens is 1. The molecule has 0 atom stereocenters. The number of anilines is 3. The van der Waals surface area contributed by atoms with Gasteiger partial charge in [-0.3, -0.25) is 19.6 Å². The second kappa shape index (κ2) is 11.5. The zero-order valence-electron chi connectivity index (χ0n) is 22.7. The molecular weight excluding hydrogens is 530 g/mol. The van der Waals surface area contributed by atoms with Crippen LogP contribution in [0.15, 0.2) is 48.5 Å². The fourth-order valence-corrected chi connectivity index (χ4v) is 5.54. The van der Waals surface area contributed by atoms with E-state index < -0.39 is 0 Å². The number of nitrogens with zero attached hydrogens (tertiary/aromatic N) is 4. The first-order valence-corrected chi connectivity index (χ1v) is 13.5. The Morgan fingerprint density at radius 3 is 2.70 bits per heavy atom. The van der Waals surface area contributed by atoms with Gasteiger partial charge in [-0.2, -0.15) is 5.26 Å². The van der Waals surface area contributed by atoms with Gasteiger partial charge in [0.2, 0.25) is 0 Å². The van der Waals surface area contributed by atoms with Crippen LogP contribution in [0.5, 0.6) is 5.75 Å². The molecule has 2 aliphatic rings. The Morgan fingerprint density at radius 1 is 1.15 bits per heavy atom. The summed E-state index contributed by atoms with van der Waals surface area (Å²) >= 11 is 6.33. The molecular formula is C30H30ClN5O4. The molecule has 1 N–H and O–H groups in total. The van der Waals surface area contributed by atoms with Crippen LogP contribution in [0.2, 0.25) is 5.02 Å². The molecule has 10 heteroatoms. The molecule has 0 radical (unpaired) electrons. The second-order valence-electron chi connectivity index (χ2n) is 9.66. The largest absolute Gasteiger partial charge is 0.494 e. The van der Waals surface area contributed by atoms with Gasteiger partial charge in [0.25, 0.3) is 5.91 Å². The zero-order chi connectivity index (χ0) is 28.4. The topological polar surface area (TPSA) is 98.1 Å². The fourth-order valence-electron chi connectivity index (χ4n) is 5.27. The highest BCUT2D eigenvalue weighted by molar-refractivity contribution is 6.34. The summed E-state index contributed by atoms with van der Waals surface area (Å²) in [5.41, 5.74) is 10.2. The molecule has 206 valence electrons. The van der Waals surface area contributed by atoms with Crippen LogP contribution in [0.1, 0.15) is 46.0 Å². The number of nitriles is 1. The van der Waals surface area contributed by atoms with Crippen molar-refractivity contribution in [1.82, 2.24) is 10.4 Å². The van der Waals surface area contributed by atoms with E-state index in [1.165, 1.54) is 6.07 Å². The van der Waals surface area contributed by atoms with Gasteiger partial charge in [0.05, 0.1) is 47.3 Å². The number of amides is 1. The third-order valence-electron chi connectivity index (χ3n) is 7.18. The maximum absolute atomic E-state index is 13.3. The second-order valence-corrected chi connectivity index (χ2v) is 10.1. The number of carbonyl (C=O) groups is 2. The van der Waals surface area contributed by atoms with Gasteiger partial charge in [-0.25, -0.2) is 0 Å². The number of fused-ring (bicyclic) bond motifs is 2. The third kappa shape index (κ3) is 5.16. The molecule has 0 spiro atoms. The van der Waals surface area contributed by atoms with E-state index in [9.17, 15) is 9.59 Å². The lowest BCUT2D eigenvalue weighted by atomic mass is 9.96. The lowest BCUT2D eigenvalue weighted by Crippen LogP contribution is -2.41. The molecule has 3 aromatic carbocycles. The summed E-state index contributed by atoms with van der Waals surface area (Å²) in [6, 6.07) is 16.9. The number of ether oxygens (including phenoxy) is 2. The summed E-state index contributed by atoms with van der Waals surface area (Å²) in [6.07, 6.45) is 1.47. The van der Waals surface area contributed by atoms with Crippen LogP contribution in [-0.4, -0.2) is 44.1 Å². The molecule has 1 amide bonds. The van der Waals surface area contributed by atoms with Crippen LogP contribution < -0.4 is 20.3 Å². The third-order valence-corrected chi connectivity index (χ3v) is 7.49. The van der Waals surface area contributed by atoms with Gasteiger partial charge in [0, 0.05) is 26.6 Å². The van der Waals surface area contributed by atoms with Gasteiger partial charge in [-0.15, -0.1) is 5.53 Å². The van der Waals surface area contributed by atoms with E-state index in [0.717, 1.165) is 33.8 Å².